The van der Waals surface area contributed by atoms with Gasteiger partial charge in [-0.05, 0) is 18.2 Å². The Morgan fingerprint density at radius 3 is 2.96 bits per heavy atom. The molecule has 0 bridgehead atoms. The predicted octanol–water partition coefficient (Wildman–Crippen LogP) is -0.138. The molecule has 9 heteroatoms. The summed E-state index contributed by atoms with van der Waals surface area (Å²) in [5.41, 5.74) is 0.569. The summed E-state index contributed by atoms with van der Waals surface area (Å²) in [7, 11) is 1.53. The lowest BCUT2D eigenvalue weighted by atomic mass is 10.3. The highest BCUT2D eigenvalue weighted by molar-refractivity contribution is 5.91. The van der Waals surface area contributed by atoms with Crippen molar-refractivity contribution in [1.82, 2.24) is 29.7 Å². The average molecular weight is 328 g/mol. The van der Waals surface area contributed by atoms with Gasteiger partial charge in [0.05, 0.1) is 19.7 Å². The fourth-order valence-corrected chi connectivity index (χ4v) is 2.17. The third-order valence-electron chi connectivity index (χ3n) is 3.40. The molecule has 0 aliphatic heterocycles. The molecular weight excluding hydrogens is 312 g/mol. The zero-order valence-corrected chi connectivity index (χ0v) is 13.0. The Kier molecular flexibility index (Phi) is 4.62. The summed E-state index contributed by atoms with van der Waals surface area (Å²) in [6, 6.07) is 8.24. The number of hydrogen-bond donors (Lipinski definition) is 1. The zero-order chi connectivity index (χ0) is 16.9. The van der Waals surface area contributed by atoms with Crippen molar-refractivity contribution in [3.05, 3.63) is 58.4 Å². The van der Waals surface area contributed by atoms with Crippen LogP contribution in [0.2, 0.25) is 0 Å². The van der Waals surface area contributed by atoms with Gasteiger partial charge in [0.15, 0.2) is 11.5 Å². The molecule has 0 aliphatic carbocycles. The molecule has 0 saturated carbocycles. The first kappa shape index (κ1) is 15.8. The van der Waals surface area contributed by atoms with Crippen LogP contribution >= 0.6 is 0 Å². The number of ether oxygens (including phenoxy) is 1. The van der Waals surface area contributed by atoms with Crippen molar-refractivity contribution in [2.24, 2.45) is 0 Å². The van der Waals surface area contributed by atoms with Crippen molar-refractivity contribution >= 4 is 11.6 Å². The molecule has 0 unspecified atom stereocenters. The van der Waals surface area contributed by atoms with Crippen LogP contribution in [-0.2, 0) is 17.8 Å². The van der Waals surface area contributed by atoms with Gasteiger partial charge in [0, 0.05) is 19.4 Å². The zero-order valence-electron chi connectivity index (χ0n) is 13.0. The molecule has 9 nitrogen and oxygen atoms in total. The largest absolute Gasteiger partial charge is 0.383 e. The second kappa shape index (κ2) is 7.01. The van der Waals surface area contributed by atoms with Crippen LogP contribution in [0.5, 0.6) is 0 Å². The summed E-state index contributed by atoms with van der Waals surface area (Å²) >= 11 is 0. The van der Waals surface area contributed by atoms with E-state index in [-0.39, 0.29) is 24.3 Å². The van der Waals surface area contributed by atoms with Crippen molar-refractivity contribution in [1.29, 1.82) is 0 Å². The first-order valence-corrected chi connectivity index (χ1v) is 7.33. The lowest BCUT2D eigenvalue weighted by molar-refractivity contribution is 0.0941. The molecule has 3 aromatic heterocycles. The van der Waals surface area contributed by atoms with E-state index >= 15 is 0 Å². The SMILES string of the molecule is COCCn1nc(C(=O)NCc2nnc3ccccn23)ccc1=O. The van der Waals surface area contributed by atoms with Gasteiger partial charge in [0.25, 0.3) is 11.5 Å². The van der Waals surface area contributed by atoms with Gasteiger partial charge in [-0.15, -0.1) is 10.2 Å². The second-order valence-electron chi connectivity index (χ2n) is 5.00. The number of aromatic nitrogens is 5. The molecule has 0 atom stereocenters. The molecule has 1 amide bonds. The van der Waals surface area contributed by atoms with Crippen molar-refractivity contribution < 1.29 is 9.53 Å². The van der Waals surface area contributed by atoms with Gasteiger partial charge in [0.1, 0.15) is 5.69 Å². The molecule has 124 valence electrons. The number of carbonyl (C=O) groups excluding carboxylic acids is 1. The van der Waals surface area contributed by atoms with Gasteiger partial charge >= 0.3 is 0 Å². The van der Waals surface area contributed by atoms with Crippen LogP contribution in [0.15, 0.2) is 41.3 Å². The molecule has 0 radical (unpaired) electrons. The quantitative estimate of drug-likeness (QED) is 0.676. The van der Waals surface area contributed by atoms with Gasteiger partial charge in [-0.2, -0.15) is 5.10 Å². The van der Waals surface area contributed by atoms with Gasteiger partial charge in [-0.25, -0.2) is 4.68 Å². The monoisotopic (exact) mass is 328 g/mol. The topological polar surface area (TPSA) is 103 Å². The molecule has 0 saturated heterocycles. The fraction of sp³-hybridized carbons (Fsp3) is 0.267. The number of carbonyl (C=O) groups is 1. The lowest BCUT2D eigenvalue weighted by Gasteiger charge is -2.07. The molecule has 0 fully saturated rings. The number of fused-ring (bicyclic) bond motifs is 1. The normalized spacial score (nSPS) is 10.9. The van der Waals surface area contributed by atoms with Crippen molar-refractivity contribution in [3.63, 3.8) is 0 Å². The maximum atomic E-state index is 12.2. The van der Waals surface area contributed by atoms with E-state index in [1.54, 1.807) is 4.40 Å². The molecular formula is C15H16N6O3. The molecule has 3 aromatic rings. The average Bonchev–Trinajstić information content (AvgIpc) is 3.02. The van der Waals surface area contributed by atoms with Crippen LogP contribution in [0.4, 0.5) is 0 Å². The van der Waals surface area contributed by atoms with Crippen molar-refractivity contribution in [2.45, 2.75) is 13.1 Å². The Bertz CT molecular complexity index is 917. The number of nitrogens with zero attached hydrogens (tertiary/aromatic N) is 5. The molecule has 0 aliphatic rings. The fourth-order valence-electron chi connectivity index (χ4n) is 2.17. The van der Waals surface area contributed by atoms with E-state index in [1.165, 1.54) is 23.9 Å². The Balaban J connectivity index is 1.72. The maximum Gasteiger partial charge on any atom is 0.272 e. The summed E-state index contributed by atoms with van der Waals surface area (Å²) in [6.45, 7) is 0.817. The molecule has 0 aromatic carbocycles. The second-order valence-corrected chi connectivity index (χ2v) is 5.00. The number of hydrogen-bond acceptors (Lipinski definition) is 6. The highest BCUT2D eigenvalue weighted by Crippen LogP contribution is 2.02. The van der Waals surface area contributed by atoms with Gasteiger partial charge < -0.3 is 10.1 Å². The predicted molar refractivity (Wildman–Crippen MR) is 84.5 cm³/mol. The van der Waals surface area contributed by atoms with Crippen LogP contribution in [-0.4, -0.2) is 44.0 Å². The lowest BCUT2D eigenvalue weighted by Crippen LogP contribution is -2.30. The first-order chi connectivity index (χ1) is 11.7. The minimum absolute atomic E-state index is 0.152. The molecule has 3 rings (SSSR count). The Labute approximate surface area is 136 Å². The molecule has 3 heterocycles. The van der Waals surface area contributed by atoms with Crippen LogP contribution in [0.1, 0.15) is 16.3 Å². The van der Waals surface area contributed by atoms with Gasteiger partial charge in [-0.3, -0.25) is 14.0 Å². The summed E-state index contributed by atoms with van der Waals surface area (Å²) < 4.78 is 7.90. The molecule has 24 heavy (non-hydrogen) atoms. The van der Waals surface area contributed by atoms with Crippen molar-refractivity contribution in [2.75, 3.05) is 13.7 Å². The number of methoxy groups -OCH3 is 1. The standard InChI is InChI=1S/C15H16N6O3/c1-24-9-8-21-14(22)6-5-11(19-21)15(23)16-10-13-18-17-12-4-2-3-7-20(12)13/h2-7H,8-10H2,1H3,(H,16,23). The maximum absolute atomic E-state index is 12.2. The minimum atomic E-state index is -0.395. The van der Waals surface area contributed by atoms with E-state index in [1.807, 2.05) is 24.4 Å². The Hall–Kier alpha value is -3.07. The summed E-state index contributed by atoms with van der Waals surface area (Å²) in [4.78, 5) is 23.9. The van der Waals surface area contributed by atoms with Crippen LogP contribution in [0, 0.1) is 0 Å². The van der Waals surface area contributed by atoms with Crippen LogP contribution < -0.4 is 10.9 Å². The van der Waals surface area contributed by atoms with E-state index < -0.39 is 5.91 Å². The Morgan fingerprint density at radius 1 is 1.25 bits per heavy atom. The number of amides is 1. The van der Waals surface area contributed by atoms with Crippen LogP contribution in [0.25, 0.3) is 5.65 Å². The molecule has 1 N–H and O–H groups in total. The summed E-state index contributed by atoms with van der Waals surface area (Å²) in [6.07, 6.45) is 1.82. The minimum Gasteiger partial charge on any atom is -0.383 e. The third-order valence-corrected chi connectivity index (χ3v) is 3.40. The van der Waals surface area contributed by atoms with Gasteiger partial charge in [-0.1, -0.05) is 6.07 Å². The van der Waals surface area contributed by atoms with Crippen LogP contribution in [0.3, 0.4) is 0 Å². The van der Waals surface area contributed by atoms with E-state index in [0.717, 1.165) is 0 Å². The number of nitrogens with one attached hydrogen (secondary N) is 1. The van der Waals surface area contributed by atoms with Crippen molar-refractivity contribution in [3.8, 4) is 0 Å². The van der Waals surface area contributed by atoms with E-state index in [2.05, 4.69) is 20.6 Å². The third kappa shape index (κ3) is 3.30. The van der Waals surface area contributed by atoms with E-state index in [0.29, 0.717) is 18.1 Å². The molecule has 0 spiro atoms. The highest BCUT2D eigenvalue weighted by Gasteiger charge is 2.11. The number of pyridine rings is 1. The van der Waals surface area contributed by atoms with E-state index in [9.17, 15) is 9.59 Å². The summed E-state index contributed by atoms with van der Waals surface area (Å²) in [5.74, 6) is 0.209. The smallest absolute Gasteiger partial charge is 0.272 e. The van der Waals surface area contributed by atoms with E-state index in [4.69, 9.17) is 4.74 Å². The first-order valence-electron chi connectivity index (χ1n) is 7.33. The number of rotatable bonds is 6. The highest BCUT2D eigenvalue weighted by atomic mass is 16.5. The summed E-state index contributed by atoms with van der Waals surface area (Å²) in [5, 5.41) is 14.8. The van der Waals surface area contributed by atoms with Gasteiger partial charge in [0.2, 0.25) is 0 Å². The Morgan fingerprint density at radius 2 is 2.12 bits per heavy atom.